The summed E-state index contributed by atoms with van der Waals surface area (Å²) < 4.78 is 28.8. The highest BCUT2D eigenvalue weighted by Gasteiger charge is 2.43. The van der Waals surface area contributed by atoms with Crippen molar-refractivity contribution in [2.75, 3.05) is 6.54 Å². The molecule has 1 aliphatic rings. The number of hydrogen-bond acceptors (Lipinski definition) is 3. The molecular weight excluding hydrogens is 314 g/mol. The van der Waals surface area contributed by atoms with Crippen molar-refractivity contribution in [3.8, 4) is 0 Å². The van der Waals surface area contributed by atoms with E-state index >= 15 is 0 Å². The van der Waals surface area contributed by atoms with Gasteiger partial charge in [-0.25, -0.2) is 13.8 Å². The van der Waals surface area contributed by atoms with Gasteiger partial charge in [0.2, 0.25) is 5.91 Å². The minimum Gasteiger partial charge on any atom is -0.355 e. The van der Waals surface area contributed by atoms with Crippen molar-refractivity contribution < 1.29 is 13.6 Å². The highest BCUT2D eigenvalue weighted by atomic mass is 19.1. The first kappa shape index (κ1) is 16.5. The molecule has 1 heterocycles. The van der Waals surface area contributed by atoms with E-state index in [9.17, 15) is 13.6 Å². The first-order chi connectivity index (χ1) is 11.5. The van der Waals surface area contributed by atoms with E-state index in [-0.39, 0.29) is 5.91 Å². The van der Waals surface area contributed by atoms with Crippen molar-refractivity contribution >= 4 is 5.91 Å². The maximum Gasteiger partial charge on any atom is 0.230 e. The van der Waals surface area contributed by atoms with Crippen LogP contribution in [0.25, 0.3) is 0 Å². The summed E-state index contributed by atoms with van der Waals surface area (Å²) in [6.07, 6.45) is 5.05. The number of rotatable bonds is 5. The Morgan fingerprint density at radius 1 is 1.25 bits per heavy atom. The van der Waals surface area contributed by atoms with Gasteiger partial charge in [0, 0.05) is 26.1 Å². The summed E-state index contributed by atoms with van der Waals surface area (Å²) in [5.41, 5.74) is -0.425. The molecule has 24 heavy (non-hydrogen) atoms. The van der Waals surface area contributed by atoms with E-state index in [1.54, 1.807) is 18.1 Å². The molecule has 0 atom stereocenters. The molecule has 1 aliphatic carbocycles. The second kappa shape index (κ2) is 6.67. The van der Waals surface area contributed by atoms with Crippen LogP contribution < -0.4 is 5.32 Å². The summed E-state index contributed by atoms with van der Waals surface area (Å²) >= 11 is 0. The van der Waals surface area contributed by atoms with Crippen LogP contribution in [0.3, 0.4) is 0 Å². The molecule has 5 nitrogen and oxygen atoms in total. The number of carbonyl (C=O) groups excluding carboxylic acids is 1. The van der Waals surface area contributed by atoms with Gasteiger partial charge in [0.1, 0.15) is 18.0 Å². The van der Waals surface area contributed by atoms with E-state index in [1.807, 2.05) is 0 Å². The summed E-state index contributed by atoms with van der Waals surface area (Å²) in [6, 6.07) is 3.37. The van der Waals surface area contributed by atoms with E-state index in [1.165, 1.54) is 12.1 Å². The molecule has 0 bridgehead atoms. The number of benzene rings is 1. The van der Waals surface area contributed by atoms with Crippen molar-refractivity contribution in [3.63, 3.8) is 0 Å². The monoisotopic (exact) mass is 334 g/mol. The van der Waals surface area contributed by atoms with Crippen molar-refractivity contribution in [2.24, 2.45) is 7.05 Å². The second-order valence-electron chi connectivity index (χ2n) is 6.29. The molecule has 1 saturated carbocycles. The Balaban J connectivity index is 1.73. The van der Waals surface area contributed by atoms with Gasteiger partial charge in [-0.2, -0.15) is 5.10 Å². The fourth-order valence-corrected chi connectivity index (χ4v) is 3.41. The zero-order chi connectivity index (χ0) is 17.2. The van der Waals surface area contributed by atoms with Crippen LogP contribution in [-0.4, -0.2) is 27.2 Å². The Hall–Kier alpha value is -2.31. The molecule has 128 valence electrons. The molecule has 0 aliphatic heterocycles. The van der Waals surface area contributed by atoms with E-state index in [0.717, 1.165) is 18.9 Å². The van der Waals surface area contributed by atoms with Crippen LogP contribution in [0.4, 0.5) is 8.78 Å². The first-order valence-electron chi connectivity index (χ1n) is 8.09. The molecule has 1 fully saturated rings. The summed E-state index contributed by atoms with van der Waals surface area (Å²) in [5.74, 6) is -0.834. The van der Waals surface area contributed by atoms with Gasteiger partial charge in [-0.15, -0.1) is 0 Å². The number of amides is 1. The Labute approximate surface area is 139 Å². The molecule has 0 radical (unpaired) electrons. The average Bonchev–Trinajstić information content (AvgIpc) is 3.16. The standard InChI is InChI=1S/C17H20F2N4O/c1-23-11-21-15(22-23)4-7-20-16(24)17(5-2-3-6-17)12-8-13(18)10-14(19)9-12/h8-11H,2-7H2,1H3,(H,20,24). The number of hydrogen-bond donors (Lipinski definition) is 1. The zero-order valence-electron chi connectivity index (χ0n) is 13.6. The molecule has 0 unspecified atom stereocenters. The number of carbonyl (C=O) groups is 1. The third-order valence-corrected chi connectivity index (χ3v) is 4.59. The lowest BCUT2D eigenvalue weighted by Crippen LogP contribution is -2.43. The minimum absolute atomic E-state index is 0.180. The summed E-state index contributed by atoms with van der Waals surface area (Å²) in [4.78, 5) is 16.9. The zero-order valence-corrected chi connectivity index (χ0v) is 13.6. The SMILES string of the molecule is Cn1cnc(CCNC(=O)C2(c3cc(F)cc(F)c3)CCCC2)n1. The van der Waals surface area contributed by atoms with Crippen molar-refractivity contribution in [3.05, 3.63) is 47.5 Å². The normalized spacial score (nSPS) is 16.3. The largest absolute Gasteiger partial charge is 0.355 e. The van der Waals surface area contributed by atoms with Crippen LogP contribution in [0.15, 0.2) is 24.5 Å². The fourth-order valence-electron chi connectivity index (χ4n) is 3.41. The lowest BCUT2D eigenvalue weighted by atomic mass is 9.78. The third kappa shape index (κ3) is 3.29. The number of nitrogens with zero attached hydrogens (tertiary/aromatic N) is 3. The summed E-state index contributed by atoms with van der Waals surface area (Å²) in [6.45, 7) is 0.391. The predicted molar refractivity (Wildman–Crippen MR) is 84.2 cm³/mol. The molecule has 0 spiro atoms. The van der Waals surface area contributed by atoms with Gasteiger partial charge in [0.15, 0.2) is 5.82 Å². The molecular formula is C17H20F2N4O. The molecule has 1 N–H and O–H groups in total. The Morgan fingerprint density at radius 3 is 2.50 bits per heavy atom. The van der Waals surface area contributed by atoms with E-state index in [2.05, 4.69) is 15.4 Å². The summed E-state index contributed by atoms with van der Waals surface area (Å²) in [7, 11) is 1.78. The maximum absolute atomic E-state index is 13.6. The lowest BCUT2D eigenvalue weighted by molar-refractivity contribution is -0.126. The highest BCUT2D eigenvalue weighted by molar-refractivity contribution is 5.88. The quantitative estimate of drug-likeness (QED) is 0.912. The van der Waals surface area contributed by atoms with Gasteiger partial charge >= 0.3 is 0 Å². The van der Waals surface area contributed by atoms with Crippen LogP contribution >= 0.6 is 0 Å². The van der Waals surface area contributed by atoms with Crippen LogP contribution in [0.5, 0.6) is 0 Å². The van der Waals surface area contributed by atoms with Crippen molar-refractivity contribution in [2.45, 2.75) is 37.5 Å². The number of nitrogens with one attached hydrogen (secondary N) is 1. The Morgan fingerprint density at radius 2 is 1.92 bits per heavy atom. The number of aromatic nitrogens is 3. The molecule has 2 aromatic rings. The van der Waals surface area contributed by atoms with E-state index < -0.39 is 17.0 Å². The Bertz CT molecular complexity index is 718. The molecule has 0 saturated heterocycles. The third-order valence-electron chi connectivity index (χ3n) is 4.59. The van der Waals surface area contributed by atoms with Crippen molar-refractivity contribution in [1.29, 1.82) is 0 Å². The molecule has 7 heteroatoms. The Kier molecular flexibility index (Phi) is 4.59. The molecule has 1 aromatic heterocycles. The maximum atomic E-state index is 13.6. The highest BCUT2D eigenvalue weighted by Crippen LogP contribution is 2.41. The van der Waals surface area contributed by atoms with Crippen LogP contribution in [-0.2, 0) is 23.7 Å². The van der Waals surface area contributed by atoms with Gasteiger partial charge in [0.25, 0.3) is 0 Å². The van der Waals surface area contributed by atoms with Crippen LogP contribution in [0.2, 0.25) is 0 Å². The lowest BCUT2D eigenvalue weighted by Gasteiger charge is -2.28. The predicted octanol–water partition coefficient (Wildman–Crippen LogP) is 2.26. The van der Waals surface area contributed by atoms with Crippen LogP contribution in [0, 0.1) is 11.6 Å². The molecule has 1 aromatic carbocycles. The van der Waals surface area contributed by atoms with Gasteiger partial charge in [0.05, 0.1) is 5.41 Å². The molecule has 1 amide bonds. The van der Waals surface area contributed by atoms with E-state index in [0.29, 0.717) is 37.2 Å². The minimum atomic E-state index is -0.847. The number of aryl methyl sites for hydroxylation is 1. The smallest absolute Gasteiger partial charge is 0.230 e. The van der Waals surface area contributed by atoms with Gasteiger partial charge in [-0.05, 0) is 30.5 Å². The number of halogens is 2. The average molecular weight is 334 g/mol. The van der Waals surface area contributed by atoms with Gasteiger partial charge in [-0.1, -0.05) is 12.8 Å². The van der Waals surface area contributed by atoms with E-state index in [4.69, 9.17) is 0 Å². The second-order valence-corrected chi connectivity index (χ2v) is 6.29. The molecule has 3 rings (SSSR count). The first-order valence-corrected chi connectivity index (χ1v) is 8.09. The van der Waals surface area contributed by atoms with Crippen molar-refractivity contribution in [1.82, 2.24) is 20.1 Å². The summed E-state index contributed by atoms with van der Waals surface area (Å²) in [5, 5.41) is 7.05. The topological polar surface area (TPSA) is 59.8 Å². The van der Waals surface area contributed by atoms with Gasteiger partial charge in [-0.3, -0.25) is 9.48 Å². The fraction of sp³-hybridized carbons (Fsp3) is 0.471. The van der Waals surface area contributed by atoms with Gasteiger partial charge < -0.3 is 5.32 Å². The van der Waals surface area contributed by atoms with Crippen LogP contribution in [0.1, 0.15) is 37.1 Å².